The average molecular weight is 1290 g/mol. The minimum Gasteiger partial charge on any atom is -0.478 e. The fourth-order valence-electron chi connectivity index (χ4n) is 5.92. The number of likely N-dealkylation sites (N-methyl/N-ethyl adjacent to an activating group) is 2. The van der Waals surface area contributed by atoms with Crippen LogP contribution in [0.3, 0.4) is 0 Å². The van der Waals surface area contributed by atoms with Crippen LogP contribution in [0.25, 0.3) is 10.4 Å². The number of carboxylic acid groups (broad SMARTS) is 1. The van der Waals surface area contributed by atoms with Crippen molar-refractivity contribution in [1.82, 2.24) is 35.1 Å². The molecule has 2 aliphatic heterocycles. The van der Waals surface area contributed by atoms with E-state index in [4.69, 9.17) is 113 Å². The molecule has 6 aromatic rings. The third-order valence-corrected chi connectivity index (χ3v) is 14.1. The molecule has 20 nitrogen and oxygen atoms in total. The number of hydrogen-bond acceptors (Lipinski definition) is 15. The van der Waals surface area contributed by atoms with Crippen LogP contribution in [0.15, 0.2) is 115 Å². The van der Waals surface area contributed by atoms with Crippen LogP contribution in [0.2, 0.25) is 35.5 Å². The molecule has 0 radical (unpaired) electrons. The van der Waals surface area contributed by atoms with Crippen LogP contribution >= 0.6 is 88.5 Å². The topological polar surface area (TPSA) is 284 Å². The van der Waals surface area contributed by atoms with E-state index in [2.05, 4.69) is 69.2 Å². The Morgan fingerprint density at radius 2 is 1.15 bits per heavy atom. The molecule has 1 amide bonds. The quantitative estimate of drug-likeness (QED) is 0.0259. The predicted octanol–water partition coefficient (Wildman–Crippen LogP) is 12.4. The number of aromatic carboxylic acids is 1. The summed E-state index contributed by atoms with van der Waals surface area (Å²) >= 11 is 39.2. The number of benzene rings is 2. The van der Waals surface area contributed by atoms with Crippen molar-refractivity contribution in [2.75, 3.05) is 88.1 Å². The number of hydrogen-bond donors (Lipinski definition) is 5. The Morgan fingerprint density at radius 3 is 1.54 bits per heavy atom. The molecule has 438 valence electrons. The van der Waals surface area contributed by atoms with E-state index in [1.54, 1.807) is 75.5 Å². The SMILES string of the molecule is CC(C)(C)OC(=O)Nc1cc(Cl)ncc1Cl.CN1CCN(c2cc(N)c(Cl)cn2)CC1.CN1CCNCC1.Nc1cc(Cl)ncc1Cl.O=C(O)c1cc(Cl)ncc1Cl.O=CC(F)(F)F.[N-]=[N+]=NP(=O)(c1ccccc1)c1ccccc1. The molecular weight excluding hydrogens is 1230 g/mol. The first-order valence-corrected chi connectivity index (χ1v) is 27.8. The summed E-state index contributed by atoms with van der Waals surface area (Å²) in [6, 6.07) is 23.6. The lowest BCUT2D eigenvalue weighted by Gasteiger charge is -2.33. The number of nitrogens with one attached hydrogen (secondary N) is 2. The van der Waals surface area contributed by atoms with E-state index in [0.717, 1.165) is 45.1 Å². The van der Waals surface area contributed by atoms with Gasteiger partial charge in [-0.05, 0) is 57.4 Å². The minimum absolute atomic E-state index is 0.0355. The number of pyridine rings is 4. The van der Waals surface area contributed by atoms with Crippen molar-refractivity contribution in [3.63, 3.8) is 0 Å². The highest BCUT2D eigenvalue weighted by molar-refractivity contribution is 7.77. The molecule has 31 heteroatoms. The number of piperazine rings is 2. The molecule has 0 spiro atoms. The maximum absolute atomic E-state index is 12.8. The highest BCUT2D eigenvalue weighted by Crippen LogP contribution is 2.45. The summed E-state index contributed by atoms with van der Waals surface area (Å²) in [5.41, 5.74) is 20.5. The number of amides is 1. The van der Waals surface area contributed by atoms with E-state index in [1.165, 1.54) is 49.9 Å². The molecule has 2 aromatic carbocycles. The summed E-state index contributed by atoms with van der Waals surface area (Å²) in [4.78, 5) is 59.0. The van der Waals surface area contributed by atoms with Crippen LogP contribution in [0.1, 0.15) is 31.1 Å². The molecule has 81 heavy (non-hydrogen) atoms. The maximum Gasteiger partial charge on any atom is 0.446 e. The number of rotatable bonds is 6. The maximum atomic E-state index is 12.8. The molecule has 0 saturated carbocycles. The summed E-state index contributed by atoms with van der Waals surface area (Å²) in [5.74, 6) is -0.190. The van der Waals surface area contributed by atoms with Gasteiger partial charge in [0.15, 0.2) is 0 Å². The Balaban J connectivity index is 0.000000332. The molecule has 0 atom stereocenters. The highest BCUT2D eigenvalue weighted by atomic mass is 35.5. The number of nitrogens with two attached hydrogens (primary N) is 2. The van der Waals surface area contributed by atoms with Crippen LogP contribution < -0.4 is 37.6 Å². The number of nitrogens with zero attached hydrogens (tertiary/aromatic N) is 10. The van der Waals surface area contributed by atoms with Gasteiger partial charge >= 0.3 is 18.2 Å². The van der Waals surface area contributed by atoms with E-state index >= 15 is 0 Å². The van der Waals surface area contributed by atoms with Gasteiger partial charge in [-0.15, -0.1) is 0 Å². The lowest BCUT2D eigenvalue weighted by atomic mass is 10.2. The summed E-state index contributed by atoms with van der Waals surface area (Å²) < 4.78 is 49.1. The molecular formula is C50H57Cl7F3N14O6P. The number of azide groups is 1. The summed E-state index contributed by atoms with van der Waals surface area (Å²) in [7, 11) is 1.06. The van der Waals surface area contributed by atoms with E-state index < -0.39 is 37.4 Å². The Labute approximate surface area is 501 Å². The number of ether oxygens (including phenoxy) is 1. The third-order valence-electron chi connectivity index (χ3n) is 9.91. The van der Waals surface area contributed by atoms with Crippen molar-refractivity contribution < 1.29 is 42.0 Å². The molecule has 8 rings (SSSR count). The fraction of sp³-hybridized carbons (Fsp3) is 0.300. The zero-order chi connectivity index (χ0) is 60.9. The number of nitrogen functional groups attached to an aromatic ring is 2. The fourth-order valence-corrected chi connectivity index (χ4v) is 8.72. The molecule has 0 unspecified atom stereocenters. The molecule has 2 saturated heterocycles. The van der Waals surface area contributed by atoms with Gasteiger partial charge in [-0.2, -0.15) is 13.2 Å². The molecule has 0 aliphatic carbocycles. The van der Waals surface area contributed by atoms with Gasteiger partial charge in [0.05, 0.1) is 42.7 Å². The first-order chi connectivity index (χ1) is 38.0. The van der Waals surface area contributed by atoms with E-state index in [1.807, 2.05) is 18.2 Å². The normalized spacial score (nSPS) is 13.1. The number of carboxylic acids is 1. The van der Waals surface area contributed by atoms with Gasteiger partial charge in [0.1, 0.15) is 26.9 Å². The lowest BCUT2D eigenvalue weighted by Crippen LogP contribution is -2.44. The summed E-state index contributed by atoms with van der Waals surface area (Å²) in [5, 5.41) is 17.4. The monoisotopic (exact) mass is 1280 g/mol. The van der Waals surface area contributed by atoms with Gasteiger partial charge in [-0.25, -0.2) is 29.5 Å². The number of carbonyl (C=O) groups excluding carboxylic acids is 2. The average Bonchev–Trinajstić information content (AvgIpc) is 3.42. The number of aldehydes is 1. The van der Waals surface area contributed by atoms with Crippen LogP contribution in [0.4, 0.5) is 40.8 Å². The van der Waals surface area contributed by atoms with Crippen LogP contribution in [-0.4, -0.2) is 131 Å². The second-order valence-electron chi connectivity index (χ2n) is 17.4. The second-order valence-corrected chi connectivity index (χ2v) is 22.6. The summed E-state index contributed by atoms with van der Waals surface area (Å²) in [6.07, 6.45) is -0.697. The van der Waals surface area contributed by atoms with Crippen LogP contribution in [0, 0.1) is 0 Å². The largest absolute Gasteiger partial charge is 0.478 e. The molecule has 4 aromatic heterocycles. The van der Waals surface area contributed by atoms with E-state index in [0.29, 0.717) is 47.9 Å². The molecule has 6 heterocycles. The Morgan fingerprint density at radius 1 is 0.716 bits per heavy atom. The van der Waals surface area contributed by atoms with Gasteiger partial charge < -0.3 is 45.9 Å². The van der Waals surface area contributed by atoms with Gasteiger partial charge in [0.25, 0.3) is 0 Å². The van der Waals surface area contributed by atoms with Gasteiger partial charge in [0, 0.05) is 105 Å². The van der Waals surface area contributed by atoms with Crippen molar-refractivity contribution >= 4 is 140 Å². The van der Waals surface area contributed by atoms with Gasteiger partial charge in [0.2, 0.25) is 13.6 Å². The standard InChI is InChI=1S/C12H10N3OP.C10H12Cl2N2O2.C10H15ClN4.C6H3Cl2NO2.C5H4Cl2N2.C5H12N2.C2HF3O/c13-14-15-17(16,11-7-3-1-4-8-11)12-9-5-2-6-10-12;1-10(2,3)16-9(15)14-7-4-8(12)13-5-6(7)11;1-14-2-4-15(5-3-14)10-6-9(12)8(11)7-13-10;7-4-2-9-5(8)1-3(4)6(10)11;6-3-2-9-5(7)1-4(3)8;1-7-4-2-6-3-5-7;3-2(4,5)1-6/h1-10H;4-5H,1-3H3,(H,13,14,15);6-7H,2-5H2,1H3,(H2,12,13);1-2H,(H,10,11);1-2H,(H2,8,9);6H,2-5H2,1H3;1H. The predicted molar refractivity (Wildman–Crippen MR) is 319 cm³/mol. The highest BCUT2D eigenvalue weighted by Gasteiger charge is 2.26. The Kier molecular flexibility index (Phi) is 31.5. The molecule has 2 aliphatic rings. The summed E-state index contributed by atoms with van der Waals surface area (Å²) in [6.45, 7) is 14.2. The third kappa shape index (κ3) is 28.6. The minimum atomic E-state index is -4.64. The first kappa shape index (κ1) is 71.2. The van der Waals surface area contributed by atoms with Crippen LogP contribution in [0.5, 0.6) is 0 Å². The van der Waals surface area contributed by atoms with Crippen molar-refractivity contribution in [1.29, 1.82) is 0 Å². The van der Waals surface area contributed by atoms with Crippen molar-refractivity contribution in [3.05, 3.63) is 161 Å². The first-order valence-electron chi connectivity index (χ1n) is 23.4. The van der Waals surface area contributed by atoms with Crippen molar-refractivity contribution in [3.8, 4) is 0 Å². The molecule has 0 bridgehead atoms. The van der Waals surface area contributed by atoms with Crippen molar-refractivity contribution in [2.45, 2.75) is 32.5 Å². The molecule has 2 fully saturated rings. The number of alkyl halides is 3. The Hall–Kier alpha value is -5.91. The van der Waals surface area contributed by atoms with E-state index in [9.17, 15) is 27.3 Å². The van der Waals surface area contributed by atoms with Crippen LogP contribution in [-0.2, 0) is 14.1 Å². The van der Waals surface area contributed by atoms with Gasteiger partial charge in [-0.1, -0.05) is 142 Å². The molecule has 7 N–H and O–H groups in total. The number of aromatic nitrogens is 4. The zero-order valence-corrected chi connectivity index (χ0v) is 50.2. The zero-order valence-electron chi connectivity index (χ0n) is 44.0. The number of halogens is 10. The second kappa shape index (κ2) is 35.8. The smallest absolute Gasteiger partial charge is 0.446 e. The van der Waals surface area contributed by atoms with E-state index in [-0.39, 0.29) is 20.9 Å². The lowest BCUT2D eigenvalue weighted by molar-refractivity contribution is -0.156. The van der Waals surface area contributed by atoms with Crippen molar-refractivity contribution in [2.24, 2.45) is 4.88 Å². The van der Waals surface area contributed by atoms with Gasteiger partial charge in [-0.3, -0.25) is 10.1 Å². The number of anilines is 4. The number of carbonyl (C=O) groups is 3. The Bertz CT molecular complexity index is 2990.